The van der Waals surface area contributed by atoms with E-state index in [1.54, 1.807) is 29.2 Å². The summed E-state index contributed by atoms with van der Waals surface area (Å²) in [4.78, 5) is 41.2. The molecule has 1 heterocycles. The van der Waals surface area contributed by atoms with E-state index in [-0.39, 0.29) is 11.5 Å². The van der Waals surface area contributed by atoms with Crippen molar-refractivity contribution in [2.75, 3.05) is 14.2 Å². The first-order chi connectivity index (χ1) is 17.8. The van der Waals surface area contributed by atoms with E-state index in [4.69, 9.17) is 33.3 Å². The van der Waals surface area contributed by atoms with Crippen molar-refractivity contribution in [1.29, 1.82) is 0 Å². The zero-order valence-corrected chi connectivity index (χ0v) is 21.8. The van der Waals surface area contributed by atoms with E-state index in [1.807, 2.05) is 60.7 Å². The summed E-state index contributed by atoms with van der Waals surface area (Å²) < 4.78 is 10.3. The molecule has 1 fully saturated rings. The number of nitrogens with zero attached hydrogens (tertiary/aromatic N) is 1. The molecule has 1 saturated heterocycles. The van der Waals surface area contributed by atoms with Crippen LogP contribution in [0.25, 0.3) is 0 Å². The van der Waals surface area contributed by atoms with Gasteiger partial charge in [0.2, 0.25) is 0 Å². The molecule has 0 saturated carbocycles. The highest BCUT2D eigenvalue weighted by Crippen LogP contribution is 2.52. The Hall–Kier alpha value is -3.75. The molecule has 0 spiro atoms. The smallest absolute Gasteiger partial charge is 0.328 e. The van der Waals surface area contributed by atoms with Gasteiger partial charge in [0, 0.05) is 10.6 Å². The number of benzene rings is 3. The molecule has 0 unspecified atom stereocenters. The summed E-state index contributed by atoms with van der Waals surface area (Å²) in [6, 6.07) is 23.9. The lowest BCUT2D eigenvalue weighted by Crippen LogP contribution is -2.58. The van der Waals surface area contributed by atoms with Crippen molar-refractivity contribution in [1.82, 2.24) is 10.2 Å². The molecule has 1 aliphatic heterocycles. The third-order valence-corrected chi connectivity index (χ3v) is 7.14. The second kappa shape index (κ2) is 11.1. The Labute approximate surface area is 225 Å². The van der Waals surface area contributed by atoms with Gasteiger partial charge in [0.05, 0.1) is 20.1 Å². The maximum atomic E-state index is 13.3. The number of carbonyl (C=O) groups excluding carboxylic acids is 3. The fourth-order valence-corrected chi connectivity index (χ4v) is 5.51. The van der Waals surface area contributed by atoms with Gasteiger partial charge in [0.1, 0.15) is 11.6 Å². The minimum atomic E-state index is -1.28. The predicted octanol–water partition coefficient (Wildman–Crippen LogP) is 4.34. The van der Waals surface area contributed by atoms with Crippen molar-refractivity contribution < 1.29 is 23.9 Å². The van der Waals surface area contributed by atoms with Crippen LogP contribution in [0.3, 0.4) is 0 Å². The summed E-state index contributed by atoms with van der Waals surface area (Å²) in [5.74, 6) is -2.44. The first-order valence-electron chi connectivity index (χ1n) is 11.5. The molecule has 0 aliphatic carbocycles. The van der Waals surface area contributed by atoms with Crippen molar-refractivity contribution in [2.24, 2.45) is 5.92 Å². The van der Waals surface area contributed by atoms with E-state index < -0.39 is 35.3 Å². The lowest BCUT2D eigenvalue weighted by Gasteiger charge is -2.44. The largest absolute Gasteiger partial charge is 0.469 e. The number of esters is 2. The summed E-state index contributed by atoms with van der Waals surface area (Å²) in [5.41, 5.74) is 0.450. The number of ether oxygens (including phenoxy) is 2. The standard InChI is InChI=1S/C28H25ClN2O5S/c1-35-25(33)22-17-23(26(34)36-2)31(27(37)30-24(32)18-13-15-21(29)16-14-18)28(22,19-9-5-3-6-10-19)20-11-7-4-8-12-20/h3-16,22-23H,17H2,1-2H3,(H,30,32,37)/t22-,23+/m0/s1. The molecule has 3 aromatic rings. The van der Waals surface area contributed by atoms with E-state index in [0.717, 1.165) is 0 Å². The summed E-state index contributed by atoms with van der Waals surface area (Å²) in [6.07, 6.45) is 0.0556. The van der Waals surface area contributed by atoms with Gasteiger partial charge in [-0.25, -0.2) is 4.79 Å². The van der Waals surface area contributed by atoms with Crippen LogP contribution in [0, 0.1) is 5.92 Å². The summed E-state index contributed by atoms with van der Waals surface area (Å²) >= 11 is 11.8. The normalized spacial score (nSPS) is 18.1. The average Bonchev–Trinajstić information content (AvgIpc) is 3.30. The van der Waals surface area contributed by atoms with Crippen LogP contribution >= 0.6 is 23.8 Å². The first-order valence-corrected chi connectivity index (χ1v) is 12.3. The van der Waals surface area contributed by atoms with Crippen molar-refractivity contribution in [2.45, 2.75) is 18.0 Å². The second-order valence-corrected chi connectivity index (χ2v) is 9.31. The Balaban J connectivity index is 1.93. The van der Waals surface area contributed by atoms with E-state index >= 15 is 0 Å². The number of methoxy groups -OCH3 is 2. The number of likely N-dealkylation sites (tertiary alicyclic amines) is 1. The Morgan fingerprint density at radius 1 is 0.865 bits per heavy atom. The topological polar surface area (TPSA) is 84.9 Å². The van der Waals surface area contributed by atoms with Crippen molar-refractivity contribution in [3.05, 3.63) is 107 Å². The molecule has 4 rings (SSSR count). The van der Waals surface area contributed by atoms with Gasteiger partial charge in [-0.05, 0) is 54.0 Å². The van der Waals surface area contributed by atoms with Crippen LogP contribution in [0.1, 0.15) is 27.9 Å². The molecular weight excluding hydrogens is 512 g/mol. The molecule has 1 amide bonds. The number of halogens is 1. The Kier molecular flexibility index (Phi) is 7.90. The Morgan fingerprint density at radius 2 is 1.38 bits per heavy atom. The van der Waals surface area contributed by atoms with Gasteiger partial charge in [-0.3, -0.25) is 14.9 Å². The number of nitrogens with one attached hydrogen (secondary N) is 1. The third-order valence-electron chi connectivity index (χ3n) is 6.59. The summed E-state index contributed by atoms with van der Waals surface area (Å²) in [7, 11) is 2.58. The molecule has 1 aliphatic rings. The lowest BCUT2D eigenvalue weighted by atomic mass is 9.73. The van der Waals surface area contributed by atoms with E-state index in [9.17, 15) is 14.4 Å². The van der Waals surface area contributed by atoms with E-state index in [0.29, 0.717) is 21.7 Å². The van der Waals surface area contributed by atoms with E-state index in [1.165, 1.54) is 14.2 Å². The monoisotopic (exact) mass is 536 g/mol. The predicted molar refractivity (Wildman–Crippen MR) is 143 cm³/mol. The fraction of sp³-hybridized carbons (Fsp3) is 0.214. The van der Waals surface area contributed by atoms with Gasteiger partial charge >= 0.3 is 11.9 Å². The number of hydrogen-bond donors (Lipinski definition) is 1. The van der Waals surface area contributed by atoms with E-state index in [2.05, 4.69) is 5.32 Å². The second-order valence-electron chi connectivity index (χ2n) is 8.49. The SMILES string of the molecule is COC(=O)[C@H]1C[C@@H](C(=O)OC)C(c2ccccc2)(c2ccccc2)N1C(=S)NC(=O)c1ccc(Cl)cc1. The zero-order valence-electron chi connectivity index (χ0n) is 20.2. The zero-order chi connectivity index (χ0) is 26.6. The molecule has 7 nitrogen and oxygen atoms in total. The number of hydrogen-bond acceptors (Lipinski definition) is 6. The van der Waals surface area contributed by atoms with Crippen LogP contribution in [0.5, 0.6) is 0 Å². The van der Waals surface area contributed by atoms with Crippen LogP contribution in [-0.4, -0.2) is 48.1 Å². The summed E-state index contributed by atoms with van der Waals surface area (Å²) in [5, 5.41) is 3.20. The molecule has 9 heteroatoms. The first kappa shape index (κ1) is 26.3. The van der Waals surface area contributed by atoms with Crippen molar-refractivity contribution in [3.63, 3.8) is 0 Å². The minimum Gasteiger partial charge on any atom is -0.469 e. The molecule has 2 atom stereocenters. The van der Waals surface area contributed by atoms with Gasteiger partial charge in [-0.1, -0.05) is 72.3 Å². The molecule has 0 radical (unpaired) electrons. The molecular formula is C28H25ClN2O5S. The quantitative estimate of drug-likeness (QED) is 0.383. The molecule has 37 heavy (non-hydrogen) atoms. The lowest BCUT2D eigenvalue weighted by molar-refractivity contribution is -0.147. The molecule has 3 aromatic carbocycles. The van der Waals surface area contributed by atoms with Gasteiger partial charge < -0.3 is 14.4 Å². The van der Waals surface area contributed by atoms with Crippen LogP contribution in [0.15, 0.2) is 84.9 Å². The van der Waals surface area contributed by atoms with Crippen LogP contribution in [-0.2, 0) is 24.6 Å². The van der Waals surface area contributed by atoms with Crippen LogP contribution < -0.4 is 5.32 Å². The maximum Gasteiger partial charge on any atom is 0.328 e. The number of amides is 1. The Morgan fingerprint density at radius 3 is 1.86 bits per heavy atom. The van der Waals surface area contributed by atoms with Gasteiger partial charge in [-0.2, -0.15) is 0 Å². The number of rotatable bonds is 5. The number of carbonyl (C=O) groups is 3. The highest BCUT2D eigenvalue weighted by Gasteiger charge is 2.61. The highest BCUT2D eigenvalue weighted by atomic mass is 35.5. The molecule has 0 bridgehead atoms. The summed E-state index contributed by atoms with van der Waals surface area (Å²) in [6.45, 7) is 0. The maximum absolute atomic E-state index is 13.3. The van der Waals surface area contributed by atoms with Gasteiger partial charge in [0.25, 0.3) is 5.91 Å². The third kappa shape index (κ3) is 4.82. The van der Waals surface area contributed by atoms with Crippen molar-refractivity contribution >= 4 is 46.8 Å². The van der Waals surface area contributed by atoms with Crippen molar-refractivity contribution in [3.8, 4) is 0 Å². The fourth-order valence-electron chi connectivity index (χ4n) is 5.02. The molecule has 1 N–H and O–H groups in total. The van der Waals surface area contributed by atoms with Crippen LogP contribution in [0.4, 0.5) is 0 Å². The number of thiocarbonyl (C=S) groups is 1. The Bertz CT molecular complexity index is 1260. The average molecular weight is 537 g/mol. The van der Waals surface area contributed by atoms with Gasteiger partial charge in [-0.15, -0.1) is 0 Å². The molecule has 190 valence electrons. The minimum absolute atomic E-state index is 0.0329. The van der Waals surface area contributed by atoms with Gasteiger partial charge in [0.15, 0.2) is 5.11 Å². The van der Waals surface area contributed by atoms with Crippen LogP contribution in [0.2, 0.25) is 5.02 Å². The highest BCUT2D eigenvalue weighted by molar-refractivity contribution is 7.80. The molecule has 0 aromatic heterocycles.